The molecule has 0 unspecified atom stereocenters. The van der Waals surface area contributed by atoms with Gasteiger partial charge in [0.15, 0.2) is 5.16 Å². The summed E-state index contributed by atoms with van der Waals surface area (Å²) < 4.78 is 25.2. The Hall–Kier alpha value is -3.40. The van der Waals surface area contributed by atoms with Crippen molar-refractivity contribution in [1.29, 1.82) is 0 Å². The van der Waals surface area contributed by atoms with Gasteiger partial charge in [-0.1, -0.05) is 29.4 Å². The van der Waals surface area contributed by atoms with Crippen molar-refractivity contribution >= 4 is 40.2 Å². The molecule has 0 saturated heterocycles. The fraction of sp³-hybridized carbons (Fsp3) is 0.192. The topological polar surface area (TPSA) is 82.5 Å². The minimum atomic E-state index is -0.427. The normalized spacial score (nSPS) is 11.0. The van der Waals surface area contributed by atoms with Crippen LogP contribution in [0.5, 0.6) is 5.75 Å². The number of nitrogens with zero attached hydrogens (tertiary/aromatic N) is 2. The quantitative estimate of drug-likeness (QED) is 0.190. The molecule has 3 aromatic carbocycles. The molecule has 1 aromatic heterocycles. The minimum absolute atomic E-state index is 0.288. The molecule has 36 heavy (non-hydrogen) atoms. The number of hydrogen-bond donors (Lipinski definition) is 1. The van der Waals surface area contributed by atoms with Crippen molar-refractivity contribution in [2.75, 3.05) is 27.4 Å². The van der Waals surface area contributed by atoms with Crippen molar-refractivity contribution in [3.63, 3.8) is 0 Å². The zero-order chi connectivity index (χ0) is 25.7. The standard InChI is InChI=1S/C26H23ClFN3O4S/c1-34-12-11-29-24(32)16-4-10-21-23(13-16)30-26(36-15-17-3-5-18(28)14-22(17)27)31(25(21)33)19-6-8-20(35-2)9-7-19/h3-10,13-14H,11-12,15H2,1-2H3,(H,29,32). The number of carbonyl (C=O) groups is 1. The summed E-state index contributed by atoms with van der Waals surface area (Å²) >= 11 is 7.49. The summed E-state index contributed by atoms with van der Waals surface area (Å²) in [4.78, 5) is 30.9. The number of fused-ring (bicyclic) bond motifs is 1. The number of methoxy groups -OCH3 is 2. The number of rotatable bonds is 9. The van der Waals surface area contributed by atoms with Gasteiger partial charge in [-0.05, 0) is 60.2 Å². The van der Waals surface area contributed by atoms with Crippen LogP contribution in [0.1, 0.15) is 15.9 Å². The molecule has 0 spiro atoms. The zero-order valence-corrected chi connectivity index (χ0v) is 21.2. The first-order chi connectivity index (χ1) is 17.4. The van der Waals surface area contributed by atoms with Gasteiger partial charge in [-0.2, -0.15) is 0 Å². The number of thioether (sulfide) groups is 1. The molecule has 186 valence electrons. The summed E-state index contributed by atoms with van der Waals surface area (Å²) in [5.74, 6) is 0.285. The van der Waals surface area contributed by atoms with Gasteiger partial charge in [0.1, 0.15) is 11.6 Å². The Morgan fingerprint density at radius 1 is 1.11 bits per heavy atom. The molecule has 0 aliphatic rings. The van der Waals surface area contributed by atoms with Gasteiger partial charge in [0.2, 0.25) is 0 Å². The smallest absolute Gasteiger partial charge is 0.266 e. The average Bonchev–Trinajstić information content (AvgIpc) is 2.88. The van der Waals surface area contributed by atoms with E-state index in [1.165, 1.54) is 28.5 Å². The van der Waals surface area contributed by atoms with Crippen LogP contribution in [0.15, 0.2) is 70.6 Å². The van der Waals surface area contributed by atoms with Crippen LogP contribution in [0.2, 0.25) is 5.02 Å². The Bertz CT molecular complexity index is 1460. The van der Waals surface area contributed by atoms with Crippen LogP contribution in [0.25, 0.3) is 16.6 Å². The van der Waals surface area contributed by atoms with Gasteiger partial charge < -0.3 is 14.8 Å². The molecule has 4 aromatic rings. The van der Waals surface area contributed by atoms with Crippen LogP contribution in [-0.4, -0.2) is 42.8 Å². The zero-order valence-electron chi connectivity index (χ0n) is 19.6. The highest BCUT2D eigenvalue weighted by atomic mass is 35.5. The fourth-order valence-electron chi connectivity index (χ4n) is 3.51. The molecule has 0 radical (unpaired) electrons. The Labute approximate surface area is 216 Å². The van der Waals surface area contributed by atoms with Gasteiger partial charge >= 0.3 is 0 Å². The van der Waals surface area contributed by atoms with Crippen LogP contribution in [-0.2, 0) is 10.5 Å². The van der Waals surface area contributed by atoms with Crippen molar-refractivity contribution in [1.82, 2.24) is 14.9 Å². The number of aromatic nitrogens is 2. The third kappa shape index (κ3) is 5.70. The Morgan fingerprint density at radius 3 is 2.58 bits per heavy atom. The Morgan fingerprint density at radius 2 is 1.89 bits per heavy atom. The van der Waals surface area contributed by atoms with Crippen LogP contribution in [0.3, 0.4) is 0 Å². The van der Waals surface area contributed by atoms with E-state index < -0.39 is 5.82 Å². The molecule has 0 aliphatic heterocycles. The first-order valence-corrected chi connectivity index (χ1v) is 12.3. The predicted molar refractivity (Wildman–Crippen MR) is 139 cm³/mol. The second-order valence-electron chi connectivity index (χ2n) is 7.74. The highest BCUT2D eigenvalue weighted by Gasteiger charge is 2.16. The van der Waals surface area contributed by atoms with Crippen LogP contribution in [0.4, 0.5) is 4.39 Å². The van der Waals surface area contributed by atoms with Crippen LogP contribution >= 0.6 is 23.4 Å². The molecule has 1 heterocycles. The number of halogens is 2. The fourth-order valence-corrected chi connectivity index (χ4v) is 4.84. The second-order valence-corrected chi connectivity index (χ2v) is 9.09. The van der Waals surface area contributed by atoms with Gasteiger partial charge in [-0.25, -0.2) is 9.37 Å². The second kappa shape index (κ2) is 11.6. The lowest BCUT2D eigenvalue weighted by atomic mass is 10.1. The third-order valence-corrected chi connectivity index (χ3v) is 6.73. The van der Waals surface area contributed by atoms with E-state index in [0.29, 0.717) is 57.5 Å². The van der Waals surface area contributed by atoms with Crippen molar-refractivity contribution in [3.8, 4) is 11.4 Å². The molecule has 0 saturated carbocycles. The molecular formula is C26H23ClFN3O4S. The van der Waals surface area contributed by atoms with Gasteiger partial charge in [0.05, 0.1) is 30.3 Å². The summed E-state index contributed by atoms with van der Waals surface area (Å²) in [6.45, 7) is 0.746. The number of ether oxygens (including phenoxy) is 2. The molecule has 0 fully saturated rings. The minimum Gasteiger partial charge on any atom is -0.497 e. The molecule has 10 heteroatoms. The number of carbonyl (C=O) groups excluding carboxylic acids is 1. The van der Waals surface area contributed by atoms with E-state index in [-0.39, 0.29) is 16.5 Å². The van der Waals surface area contributed by atoms with Gasteiger partial charge in [0.25, 0.3) is 11.5 Å². The summed E-state index contributed by atoms with van der Waals surface area (Å²) in [6, 6.07) is 16.0. The van der Waals surface area contributed by atoms with Gasteiger partial charge in [0, 0.05) is 30.0 Å². The summed E-state index contributed by atoms with van der Waals surface area (Å²) in [6.07, 6.45) is 0. The average molecular weight is 528 g/mol. The summed E-state index contributed by atoms with van der Waals surface area (Å²) in [5, 5.41) is 3.81. The monoisotopic (exact) mass is 527 g/mol. The lowest BCUT2D eigenvalue weighted by molar-refractivity contribution is 0.0937. The van der Waals surface area contributed by atoms with E-state index in [0.717, 1.165) is 0 Å². The molecule has 7 nitrogen and oxygen atoms in total. The van der Waals surface area contributed by atoms with Crippen molar-refractivity contribution < 1.29 is 18.7 Å². The van der Waals surface area contributed by atoms with Crippen molar-refractivity contribution in [2.24, 2.45) is 0 Å². The molecule has 0 atom stereocenters. The van der Waals surface area contributed by atoms with Crippen molar-refractivity contribution in [3.05, 3.63) is 93.0 Å². The van der Waals surface area contributed by atoms with Crippen LogP contribution in [0, 0.1) is 5.82 Å². The van der Waals surface area contributed by atoms with E-state index in [4.69, 9.17) is 26.1 Å². The van der Waals surface area contributed by atoms with Gasteiger partial charge in [-0.3, -0.25) is 14.2 Å². The molecule has 1 N–H and O–H groups in total. The molecule has 1 amide bonds. The van der Waals surface area contributed by atoms with Crippen LogP contribution < -0.4 is 15.6 Å². The lowest BCUT2D eigenvalue weighted by Crippen LogP contribution is -2.27. The van der Waals surface area contributed by atoms with E-state index in [9.17, 15) is 14.0 Å². The number of benzene rings is 3. The maximum Gasteiger partial charge on any atom is 0.266 e. The number of nitrogens with one attached hydrogen (secondary N) is 1. The number of amides is 1. The predicted octanol–water partition coefficient (Wildman–Crippen LogP) is 4.86. The molecule has 0 aliphatic carbocycles. The van der Waals surface area contributed by atoms with E-state index >= 15 is 0 Å². The third-order valence-electron chi connectivity index (χ3n) is 5.40. The maximum atomic E-state index is 13.6. The Kier molecular flexibility index (Phi) is 8.25. The Balaban J connectivity index is 1.78. The van der Waals surface area contributed by atoms with E-state index in [2.05, 4.69) is 5.32 Å². The SMILES string of the molecule is COCCNC(=O)c1ccc2c(=O)n(-c3ccc(OC)cc3)c(SCc3ccc(F)cc3Cl)nc2c1. The van der Waals surface area contributed by atoms with E-state index in [1.54, 1.807) is 62.8 Å². The molecule has 0 bridgehead atoms. The molecule has 4 rings (SSSR count). The highest BCUT2D eigenvalue weighted by Crippen LogP contribution is 2.29. The molecular weight excluding hydrogens is 505 g/mol. The first-order valence-electron chi connectivity index (χ1n) is 11.0. The maximum absolute atomic E-state index is 13.6. The highest BCUT2D eigenvalue weighted by molar-refractivity contribution is 7.98. The first kappa shape index (κ1) is 25.7. The summed E-state index contributed by atoms with van der Waals surface area (Å²) in [7, 11) is 3.12. The van der Waals surface area contributed by atoms with Gasteiger partial charge in [-0.15, -0.1) is 0 Å². The largest absolute Gasteiger partial charge is 0.497 e. The van der Waals surface area contributed by atoms with Crippen molar-refractivity contribution in [2.45, 2.75) is 10.9 Å². The van der Waals surface area contributed by atoms with E-state index in [1.807, 2.05) is 0 Å². The summed E-state index contributed by atoms with van der Waals surface area (Å²) in [5.41, 5.74) is 1.78. The lowest BCUT2D eigenvalue weighted by Gasteiger charge is -2.14. The number of hydrogen-bond acceptors (Lipinski definition) is 6.